The number of carbonyl (C=O) groups excluding carboxylic acids is 1. The molecule has 2 aromatic rings. The van der Waals surface area contributed by atoms with Crippen LogP contribution in [0, 0.1) is 30.9 Å². The van der Waals surface area contributed by atoms with Crippen molar-refractivity contribution in [2.24, 2.45) is 0 Å². The summed E-state index contributed by atoms with van der Waals surface area (Å²) in [6.07, 6.45) is 0. The highest BCUT2D eigenvalue weighted by Crippen LogP contribution is 2.21. The molecule has 0 radical (unpaired) electrons. The largest absolute Gasteiger partial charge is 0.312 e. The lowest BCUT2D eigenvalue weighted by Gasteiger charge is -2.02. The van der Waals surface area contributed by atoms with E-state index in [1.807, 2.05) is 0 Å². The van der Waals surface area contributed by atoms with Gasteiger partial charge in [0.1, 0.15) is 23.8 Å². The first-order valence-electron chi connectivity index (χ1n) is 5.75. The highest BCUT2D eigenvalue weighted by Gasteiger charge is 2.22. The number of hydrogen-bond acceptors (Lipinski definition) is 6. The highest BCUT2D eigenvalue weighted by atomic mass is 16.6. The van der Waals surface area contributed by atoms with Gasteiger partial charge in [0.05, 0.1) is 4.92 Å². The minimum atomic E-state index is -0.509. The molecule has 2 rings (SSSR count). The van der Waals surface area contributed by atoms with Gasteiger partial charge in [0.15, 0.2) is 0 Å². The van der Waals surface area contributed by atoms with E-state index in [2.05, 4.69) is 25.6 Å². The van der Waals surface area contributed by atoms with Crippen molar-refractivity contribution in [2.75, 3.05) is 5.32 Å². The molecule has 0 aliphatic carbocycles. The van der Waals surface area contributed by atoms with Crippen LogP contribution in [-0.4, -0.2) is 35.8 Å². The molecule has 10 nitrogen and oxygen atoms in total. The molecule has 106 valence electrons. The Balaban J connectivity index is 2.12. The second-order valence-electron chi connectivity index (χ2n) is 4.23. The molecule has 2 aromatic heterocycles. The second kappa shape index (κ2) is 5.07. The number of nitrogens with zero attached hydrogens (tertiary/aromatic N) is 5. The number of amides is 1. The Labute approximate surface area is 113 Å². The Morgan fingerprint density at radius 2 is 2.15 bits per heavy atom. The molecule has 0 aliphatic rings. The van der Waals surface area contributed by atoms with Crippen molar-refractivity contribution >= 4 is 17.5 Å². The highest BCUT2D eigenvalue weighted by molar-refractivity contribution is 5.88. The third-order valence-electron chi connectivity index (χ3n) is 2.67. The molecule has 2 N–H and O–H groups in total. The van der Waals surface area contributed by atoms with E-state index in [-0.39, 0.29) is 23.9 Å². The smallest absolute Gasteiger partial charge is 0.292 e. The molecule has 0 bridgehead atoms. The summed E-state index contributed by atoms with van der Waals surface area (Å²) in [5.41, 5.74) is 0.523. The normalized spacial score (nSPS) is 10.6. The number of nitrogens with one attached hydrogen (secondary N) is 2. The fraction of sp³-hybridized carbons (Fsp3) is 0.400. The number of nitro groups is 1. The van der Waals surface area contributed by atoms with Gasteiger partial charge in [0.25, 0.3) is 0 Å². The summed E-state index contributed by atoms with van der Waals surface area (Å²) in [7, 11) is 0. The van der Waals surface area contributed by atoms with Gasteiger partial charge in [-0.25, -0.2) is 0 Å². The number of aromatic amines is 1. The van der Waals surface area contributed by atoms with Crippen molar-refractivity contribution < 1.29 is 9.72 Å². The maximum Gasteiger partial charge on any atom is 0.312 e. The Morgan fingerprint density at radius 1 is 1.45 bits per heavy atom. The number of anilines is 1. The summed E-state index contributed by atoms with van der Waals surface area (Å²) in [5.74, 6) is 0.315. The van der Waals surface area contributed by atoms with Gasteiger partial charge in [-0.2, -0.15) is 10.1 Å². The Bertz CT molecular complexity index is 672. The topological polar surface area (TPSA) is 132 Å². The van der Waals surface area contributed by atoms with Gasteiger partial charge in [-0.1, -0.05) is 0 Å². The summed E-state index contributed by atoms with van der Waals surface area (Å²) in [4.78, 5) is 26.1. The van der Waals surface area contributed by atoms with E-state index in [4.69, 9.17) is 0 Å². The van der Waals surface area contributed by atoms with Gasteiger partial charge >= 0.3 is 5.69 Å². The van der Waals surface area contributed by atoms with Gasteiger partial charge in [-0.05, 0) is 20.8 Å². The van der Waals surface area contributed by atoms with Crippen LogP contribution in [0.5, 0.6) is 0 Å². The molecule has 2 heterocycles. The minimum Gasteiger partial charge on any atom is -0.292 e. The van der Waals surface area contributed by atoms with E-state index in [9.17, 15) is 14.9 Å². The summed E-state index contributed by atoms with van der Waals surface area (Å²) in [6, 6.07) is 0. The van der Waals surface area contributed by atoms with Crippen molar-refractivity contribution in [3.05, 3.63) is 27.3 Å². The van der Waals surface area contributed by atoms with Crippen molar-refractivity contribution in [1.29, 1.82) is 0 Å². The monoisotopic (exact) mass is 279 g/mol. The second-order valence-corrected chi connectivity index (χ2v) is 4.23. The van der Waals surface area contributed by atoms with Crippen molar-refractivity contribution in [2.45, 2.75) is 27.3 Å². The molecule has 0 spiro atoms. The van der Waals surface area contributed by atoms with Crippen LogP contribution in [0.2, 0.25) is 0 Å². The molecule has 0 aliphatic heterocycles. The van der Waals surface area contributed by atoms with Crippen LogP contribution in [-0.2, 0) is 11.3 Å². The zero-order valence-corrected chi connectivity index (χ0v) is 11.2. The molecule has 0 saturated carbocycles. The summed E-state index contributed by atoms with van der Waals surface area (Å²) in [5, 5.41) is 23.7. The first kappa shape index (κ1) is 13.6. The van der Waals surface area contributed by atoms with E-state index in [1.54, 1.807) is 13.8 Å². The fourth-order valence-corrected chi connectivity index (χ4v) is 1.80. The average molecular weight is 279 g/mol. The molecule has 0 saturated heterocycles. The van der Waals surface area contributed by atoms with Crippen molar-refractivity contribution in [1.82, 2.24) is 25.0 Å². The summed E-state index contributed by atoms with van der Waals surface area (Å²) >= 11 is 0. The predicted octanol–water partition coefficient (Wildman–Crippen LogP) is 0.473. The number of carbonyl (C=O) groups is 1. The Hall–Kier alpha value is -2.78. The molecular weight excluding hydrogens is 266 g/mol. The lowest BCUT2D eigenvalue weighted by atomic mass is 10.3. The van der Waals surface area contributed by atoms with Crippen LogP contribution in [0.15, 0.2) is 0 Å². The number of rotatable bonds is 4. The molecular formula is C10H13N7O3. The van der Waals surface area contributed by atoms with E-state index in [0.29, 0.717) is 11.5 Å². The lowest BCUT2D eigenvalue weighted by molar-refractivity contribution is -0.386. The number of aryl methyl sites for hydroxylation is 2. The molecule has 1 amide bonds. The first-order valence-corrected chi connectivity index (χ1v) is 5.75. The molecule has 0 atom stereocenters. The van der Waals surface area contributed by atoms with E-state index >= 15 is 0 Å². The van der Waals surface area contributed by atoms with Crippen LogP contribution < -0.4 is 5.32 Å². The fourth-order valence-electron chi connectivity index (χ4n) is 1.80. The molecule has 20 heavy (non-hydrogen) atoms. The van der Waals surface area contributed by atoms with Gasteiger partial charge in [-0.3, -0.25) is 30.0 Å². The minimum absolute atomic E-state index is 0.0773. The number of H-pyrrole nitrogens is 1. The van der Waals surface area contributed by atoms with Crippen LogP contribution in [0.1, 0.15) is 17.2 Å². The first-order chi connectivity index (χ1) is 9.38. The standard InChI is InChI=1S/C10H13N7O3/c1-5-9(17(19)20)6(2)16(15-5)4-8(18)12-10-11-7(3)13-14-10/h4H2,1-3H3,(H2,11,12,13,14,18). The molecule has 0 aromatic carbocycles. The van der Waals surface area contributed by atoms with Crippen LogP contribution in [0.4, 0.5) is 11.6 Å². The summed E-state index contributed by atoms with van der Waals surface area (Å²) < 4.78 is 1.28. The summed E-state index contributed by atoms with van der Waals surface area (Å²) in [6.45, 7) is 4.63. The van der Waals surface area contributed by atoms with Crippen LogP contribution in [0.25, 0.3) is 0 Å². The zero-order valence-electron chi connectivity index (χ0n) is 11.2. The van der Waals surface area contributed by atoms with Gasteiger partial charge in [-0.15, -0.1) is 5.10 Å². The van der Waals surface area contributed by atoms with Crippen LogP contribution in [0.3, 0.4) is 0 Å². The molecule has 10 heteroatoms. The third-order valence-corrected chi connectivity index (χ3v) is 2.67. The van der Waals surface area contributed by atoms with Gasteiger partial charge < -0.3 is 0 Å². The Morgan fingerprint density at radius 3 is 2.65 bits per heavy atom. The predicted molar refractivity (Wildman–Crippen MR) is 68.1 cm³/mol. The van der Waals surface area contributed by atoms with Crippen molar-refractivity contribution in [3.63, 3.8) is 0 Å². The maximum atomic E-state index is 11.8. The Kier molecular flexibility index (Phi) is 3.46. The SMILES string of the molecule is Cc1nc(NC(=O)Cn2nc(C)c([N+](=O)[O-])c2C)n[nH]1. The zero-order chi connectivity index (χ0) is 14.9. The van der Waals surface area contributed by atoms with E-state index in [0.717, 1.165) is 0 Å². The maximum absolute atomic E-state index is 11.8. The average Bonchev–Trinajstić information content (AvgIpc) is 2.84. The van der Waals surface area contributed by atoms with Crippen LogP contribution >= 0.6 is 0 Å². The van der Waals surface area contributed by atoms with Gasteiger partial charge in [0, 0.05) is 0 Å². The third kappa shape index (κ3) is 2.63. The van der Waals surface area contributed by atoms with E-state index < -0.39 is 10.8 Å². The van der Waals surface area contributed by atoms with Gasteiger partial charge in [0.2, 0.25) is 11.9 Å². The number of aromatic nitrogens is 5. The molecule has 0 fully saturated rings. The van der Waals surface area contributed by atoms with E-state index in [1.165, 1.54) is 11.6 Å². The van der Waals surface area contributed by atoms with Crippen molar-refractivity contribution in [3.8, 4) is 0 Å². The quantitative estimate of drug-likeness (QED) is 0.617. The molecule has 0 unspecified atom stereocenters. The lowest BCUT2D eigenvalue weighted by Crippen LogP contribution is -2.21. The number of hydrogen-bond donors (Lipinski definition) is 2.